The SMILES string of the molecule is Cc1cc(Cl)c(C)c(S(=O)(=O)N2CCC(N)C(C)C2)c1Cl. The molecule has 0 saturated carbocycles. The second-order valence-corrected chi connectivity index (χ2v) is 8.40. The Morgan fingerprint density at radius 1 is 1.33 bits per heavy atom. The van der Waals surface area contributed by atoms with Gasteiger partial charge in [0.25, 0.3) is 0 Å². The van der Waals surface area contributed by atoms with Crippen LogP contribution in [0.15, 0.2) is 11.0 Å². The number of nitrogens with zero attached hydrogens (tertiary/aromatic N) is 1. The van der Waals surface area contributed by atoms with Gasteiger partial charge in [-0.05, 0) is 43.4 Å². The molecule has 2 N–H and O–H groups in total. The minimum absolute atomic E-state index is 0.0362. The molecule has 7 heteroatoms. The van der Waals surface area contributed by atoms with Gasteiger partial charge in [0, 0.05) is 24.2 Å². The van der Waals surface area contributed by atoms with E-state index in [4.69, 9.17) is 28.9 Å². The summed E-state index contributed by atoms with van der Waals surface area (Å²) in [6, 6.07) is 1.72. The van der Waals surface area contributed by atoms with Gasteiger partial charge in [0.05, 0.1) is 5.02 Å². The Morgan fingerprint density at radius 2 is 1.95 bits per heavy atom. The van der Waals surface area contributed by atoms with E-state index in [0.29, 0.717) is 35.7 Å². The summed E-state index contributed by atoms with van der Waals surface area (Å²) in [6.45, 7) is 6.21. The van der Waals surface area contributed by atoms with Crippen LogP contribution >= 0.6 is 23.2 Å². The van der Waals surface area contributed by atoms with Crippen LogP contribution < -0.4 is 5.73 Å². The highest BCUT2D eigenvalue weighted by molar-refractivity contribution is 7.89. The molecule has 0 amide bonds. The average molecular weight is 351 g/mol. The van der Waals surface area contributed by atoms with Gasteiger partial charge in [0.2, 0.25) is 10.0 Å². The Labute approximate surface area is 136 Å². The standard InChI is InChI=1S/C14H20Cl2N2O2S/c1-8-6-11(15)10(3)14(13(8)16)21(19,20)18-5-4-12(17)9(2)7-18/h6,9,12H,4-5,7,17H2,1-3H3. The lowest BCUT2D eigenvalue weighted by atomic mass is 9.96. The minimum atomic E-state index is -3.66. The van der Waals surface area contributed by atoms with Crippen LogP contribution in [0, 0.1) is 19.8 Å². The zero-order valence-corrected chi connectivity index (χ0v) is 14.7. The predicted molar refractivity (Wildman–Crippen MR) is 86.5 cm³/mol. The van der Waals surface area contributed by atoms with Gasteiger partial charge >= 0.3 is 0 Å². The van der Waals surface area contributed by atoms with Gasteiger partial charge in [0.15, 0.2) is 0 Å². The summed E-state index contributed by atoms with van der Waals surface area (Å²) in [5.41, 5.74) is 7.12. The fourth-order valence-corrected chi connectivity index (χ4v) is 5.32. The second kappa shape index (κ2) is 6.05. The topological polar surface area (TPSA) is 63.4 Å². The predicted octanol–water partition coefficient (Wildman–Crippen LogP) is 2.97. The summed E-state index contributed by atoms with van der Waals surface area (Å²) in [7, 11) is -3.66. The van der Waals surface area contributed by atoms with Gasteiger partial charge in [-0.25, -0.2) is 8.42 Å². The Morgan fingerprint density at radius 3 is 2.52 bits per heavy atom. The van der Waals surface area contributed by atoms with Crippen molar-refractivity contribution in [2.45, 2.75) is 38.1 Å². The van der Waals surface area contributed by atoms with Crippen LogP contribution in [0.1, 0.15) is 24.5 Å². The molecule has 4 nitrogen and oxygen atoms in total. The van der Waals surface area contributed by atoms with Crippen LogP contribution in [0.3, 0.4) is 0 Å². The third kappa shape index (κ3) is 3.08. The van der Waals surface area contributed by atoms with E-state index in [0.717, 1.165) is 0 Å². The van der Waals surface area contributed by atoms with E-state index >= 15 is 0 Å². The second-order valence-electron chi connectivity index (χ2n) is 5.74. The number of aryl methyl sites for hydroxylation is 1. The highest BCUT2D eigenvalue weighted by Gasteiger charge is 2.35. The molecule has 1 heterocycles. The molecule has 0 spiro atoms. The molecule has 1 aliphatic rings. The number of benzene rings is 1. The van der Waals surface area contributed by atoms with Crippen molar-refractivity contribution in [3.8, 4) is 0 Å². The fourth-order valence-electron chi connectivity index (χ4n) is 2.59. The first-order valence-electron chi connectivity index (χ1n) is 6.87. The molecule has 0 bridgehead atoms. The van der Waals surface area contributed by atoms with Crippen molar-refractivity contribution in [2.24, 2.45) is 11.7 Å². The Balaban J connectivity index is 2.51. The van der Waals surface area contributed by atoms with E-state index in [1.54, 1.807) is 19.9 Å². The molecule has 1 aliphatic heterocycles. The zero-order chi connectivity index (χ0) is 15.9. The minimum Gasteiger partial charge on any atom is -0.327 e. The Kier molecular flexibility index (Phi) is 4.90. The summed E-state index contributed by atoms with van der Waals surface area (Å²) < 4.78 is 27.3. The molecule has 2 rings (SSSR count). The van der Waals surface area contributed by atoms with Crippen molar-refractivity contribution in [3.05, 3.63) is 27.2 Å². The van der Waals surface area contributed by atoms with Crippen LogP contribution in [0.25, 0.3) is 0 Å². The van der Waals surface area contributed by atoms with Gasteiger partial charge < -0.3 is 5.73 Å². The Hall–Kier alpha value is -0.330. The number of nitrogens with two attached hydrogens (primary N) is 1. The number of halogens is 2. The highest BCUT2D eigenvalue weighted by Crippen LogP contribution is 2.36. The third-order valence-electron chi connectivity index (χ3n) is 4.12. The molecule has 2 unspecified atom stereocenters. The van der Waals surface area contributed by atoms with Gasteiger partial charge in [-0.2, -0.15) is 4.31 Å². The van der Waals surface area contributed by atoms with Crippen molar-refractivity contribution in [1.29, 1.82) is 0 Å². The molecular weight excluding hydrogens is 331 g/mol. The molecule has 0 aromatic heterocycles. The molecule has 0 radical (unpaired) electrons. The molecule has 118 valence electrons. The molecule has 1 aromatic carbocycles. The zero-order valence-electron chi connectivity index (χ0n) is 12.4. The summed E-state index contributed by atoms with van der Waals surface area (Å²) in [6.07, 6.45) is 0.649. The number of rotatable bonds is 2. The van der Waals surface area contributed by atoms with Crippen LogP contribution in [0.5, 0.6) is 0 Å². The molecular formula is C14H20Cl2N2O2S. The number of piperidine rings is 1. The van der Waals surface area contributed by atoms with Crippen molar-refractivity contribution in [1.82, 2.24) is 4.31 Å². The van der Waals surface area contributed by atoms with Crippen molar-refractivity contribution in [2.75, 3.05) is 13.1 Å². The van der Waals surface area contributed by atoms with Crippen LogP contribution in [-0.4, -0.2) is 31.9 Å². The van der Waals surface area contributed by atoms with E-state index in [1.807, 2.05) is 6.92 Å². The van der Waals surface area contributed by atoms with Crippen molar-refractivity contribution < 1.29 is 8.42 Å². The molecule has 21 heavy (non-hydrogen) atoms. The van der Waals surface area contributed by atoms with Gasteiger partial charge in [-0.1, -0.05) is 30.1 Å². The first kappa shape index (κ1) is 17.0. The molecule has 1 saturated heterocycles. The monoisotopic (exact) mass is 350 g/mol. The van der Waals surface area contributed by atoms with E-state index in [9.17, 15) is 8.42 Å². The first-order chi connectivity index (χ1) is 9.66. The molecule has 1 aromatic rings. The fraction of sp³-hybridized carbons (Fsp3) is 0.571. The number of sulfonamides is 1. The summed E-state index contributed by atoms with van der Waals surface area (Å²) in [5, 5.41) is 0.664. The maximum atomic E-state index is 12.9. The van der Waals surface area contributed by atoms with Crippen molar-refractivity contribution in [3.63, 3.8) is 0 Å². The van der Waals surface area contributed by atoms with Crippen LogP contribution in [0.4, 0.5) is 0 Å². The lowest BCUT2D eigenvalue weighted by Gasteiger charge is -2.34. The maximum absolute atomic E-state index is 12.9. The average Bonchev–Trinajstić information content (AvgIpc) is 2.39. The highest BCUT2D eigenvalue weighted by atomic mass is 35.5. The lowest BCUT2D eigenvalue weighted by Crippen LogP contribution is -2.48. The largest absolute Gasteiger partial charge is 0.327 e. The summed E-state index contributed by atoms with van der Waals surface area (Å²) in [5.74, 6) is 0.118. The summed E-state index contributed by atoms with van der Waals surface area (Å²) >= 11 is 12.4. The first-order valence-corrected chi connectivity index (χ1v) is 9.06. The maximum Gasteiger partial charge on any atom is 0.244 e. The number of hydrogen-bond donors (Lipinski definition) is 1. The van der Waals surface area contributed by atoms with Gasteiger partial charge in [0.1, 0.15) is 4.90 Å². The van der Waals surface area contributed by atoms with E-state index < -0.39 is 10.0 Å². The van der Waals surface area contributed by atoms with E-state index in [-0.39, 0.29) is 21.9 Å². The number of hydrogen-bond acceptors (Lipinski definition) is 3. The third-order valence-corrected chi connectivity index (χ3v) is 7.15. The Bertz CT molecular complexity index is 635. The van der Waals surface area contributed by atoms with Crippen LogP contribution in [-0.2, 0) is 10.0 Å². The van der Waals surface area contributed by atoms with Crippen LogP contribution in [0.2, 0.25) is 10.0 Å². The van der Waals surface area contributed by atoms with Gasteiger partial charge in [-0.15, -0.1) is 0 Å². The van der Waals surface area contributed by atoms with E-state index in [2.05, 4.69) is 0 Å². The molecule has 0 aliphatic carbocycles. The van der Waals surface area contributed by atoms with E-state index in [1.165, 1.54) is 4.31 Å². The quantitative estimate of drug-likeness (QED) is 0.891. The van der Waals surface area contributed by atoms with Gasteiger partial charge in [-0.3, -0.25) is 0 Å². The van der Waals surface area contributed by atoms with Crippen molar-refractivity contribution >= 4 is 33.2 Å². The molecule has 2 atom stereocenters. The smallest absolute Gasteiger partial charge is 0.244 e. The normalized spacial score (nSPS) is 24.3. The lowest BCUT2D eigenvalue weighted by molar-refractivity contribution is 0.250. The summed E-state index contributed by atoms with van der Waals surface area (Å²) in [4.78, 5) is 0.122. The molecule has 1 fully saturated rings.